The Balaban J connectivity index is 0.00000288. The summed E-state index contributed by atoms with van der Waals surface area (Å²) in [5.41, 5.74) is 5.71. The second-order valence-corrected chi connectivity index (χ2v) is 9.24. The smallest absolute Gasteiger partial charge is 0.224 e. The minimum atomic E-state index is -3.00. The Kier molecular flexibility index (Phi) is 7.49. The second kappa shape index (κ2) is 8.49. The lowest BCUT2D eigenvalue weighted by Crippen LogP contribution is -2.53. The maximum Gasteiger partial charge on any atom is 0.224 e. The molecule has 0 spiro atoms. The maximum atomic E-state index is 12.2. The Bertz CT molecular complexity index is 565. The summed E-state index contributed by atoms with van der Waals surface area (Å²) in [6.07, 6.45) is 4.28. The van der Waals surface area contributed by atoms with Crippen LogP contribution < -0.4 is 16.4 Å². The molecule has 3 unspecified atom stereocenters. The minimum absolute atomic E-state index is 0. The zero-order chi connectivity index (χ0) is 17.1. The molecule has 24 heavy (non-hydrogen) atoms. The summed E-state index contributed by atoms with van der Waals surface area (Å²) in [4.78, 5) is 24.0. The molecule has 0 radical (unpaired) electrons. The Morgan fingerprint density at radius 1 is 1.25 bits per heavy atom. The second-order valence-electron chi connectivity index (χ2n) is 7.01. The molecule has 4 N–H and O–H groups in total. The van der Waals surface area contributed by atoms with Gasteiger partial charge in [-0.15, -0.1) is 12.4 Å². The zero-order valence-corrected chi connectivity index (χ0v) is 15.7. The van der Waals surface area contributed by atoms with Crippen LogP contribution in [0.4, 0.5) is 0 Å². The molecule has 1 saturated heterocycles. The number of sulfone groups is 1. The van der Waals surface area contributed by atoms with Crippen LogP contribution in [0.2, 0.25) is 0 Å². The first-order valence-corrected chi connectivity index (χ1v) is 10.1. The zero-order valence-electron chi connectivity index (χ0n) is 14.0. The van der Waals surface area contributed by atoms with Crippen LogP contribution in [-0.2, 0) is 19.4 Å². The predicted molar refractivity (Wildman–Crippen MR) is 94.6 cm³/mol. The number of nitrogens with two attached hydrogens (primary N) is 1. The summed E-state index contributed by atoms with van der Waals surface area (Å²) in [5, 5.41) is 5.49. The Hall–Kier alpha value is -0.860. The van der Waals surface area contributed by atoms with E-state index in [4.69, 9.17) is 5.73 Å². The number of carbonyl (C=O) groups is 2. The summed E-state index contributed by atoms with van der Waals surface area (Å²) < 4.78 is 22.7. The van der Waals surface area contributed by atoms with Crippen molar-refractivity contribution in [2.24, 2.45) is 11.7 Å². The first kappa shape index (κ1) is 21.2. The lowest BCUT2D eigenvalue weighted by Gasteiger charge is -2.37. The minimum Gasteiger partial charge on any atom is -0.355 e. The van der Waals surface area contributed by atoms with Gasteiger partial charge in [0.15, 0.2) is 9.84 Å². The van der Waals surface area contributed by atoms with Crippen molar-refractivity contribution < 1.29 is 18.0 Å². The van der Waals surface area contributed by atoms with Crippen molar-refractivity contribution >= 4 is 34.1 Å². The number of carbonyl (C=O) groups excluding carboxylic acids is 2. The van der Waals surface area contributed by atoms with E-state index in [1.807, 2.05) is 6.92 Å². The third-order valence-corrected chi connectivity index (χ3v) is 6.59. The van der Waals surface area contributed by atoms with E-state index < -0.39 is 15.4 Å². The van der Waals surface area contributed by atoms with Gasteiger partial charge >= 0.3 is 0 Å². The molecule has 3 atom stereocenters. The molecular weight excluding hydrogens is 354 g/mol. The van der Waals surface area contributed by atoms with Crippen molar-refractivity contribution in [1.29, 1.82) is 0 Å². The van der Waals surface area contributed by atoms with Crippen LogP contribution in [0.15, 0.2) is 0 Å². The third kappa shape index (κ3) is 5.89. The van der Waals surface area contributed by atoms with E-state index in [1.165, 1.54) is 0 Å². The van der Waals surface area contributed by atoms with Crippen LogP contribution in [0.1, 0.15) is 45.4 Å². The van der Waals surface area contributed by atoms with Crippen molar-refractivity contribution in [3.8, 4) is 0 Å². The largest absolute Gasteiger partial charge is 0.355 e. The number of hydrogen-bond acceptors (Lipinski definition) is 5. The summed E-state index contributed by atoms with van der Waals surface area (Å²) >= 11 is 0. The van der Waals surface area contributed by atoms with Crippen molar-refractivity contribution in [3.63, 3.8) is 0 Å². The molecule has 1 aliphatic heterocycles. The fraction of sp³-hybridized carbons (Fsp3) is 0.867. The average Bonchev–Trinajstić information content (AvgIpc) is 2.77. The number of nitrogens with one attached hydrogen (secondary N) is 2. The van der Waals surface area contributed by atoms with E-state index in [2.05, 4.69) is 10.6 Å². The number of halogens is 1. The molecular formula is C15H28ClN3O4S. The maximum absolute atomic E-state index is 12.2. The molecule has 0 aromatic carbocycles. The van der Waals surface area contributed by atoms with Gasteiger partial charge in [0.05, 0.1) is 17.4 Å². The molecule has 1 heterocycles. The van der Waals surface area contributed by atoms with E-state index >= 15 is 0 Å². The van der Waals surface area contributed by atoms with Gasteiger partial charge in [-0.2, -0.15) is 0 Å². The van der Waals surface area contributed by atoms with Gasteiger partial charge < -0.3 is 16.4 Å². The predicted octanol–water partition coefficient (Wildman–Crippen LogP) is 0.125. The molecule has 0 aromatic rings. The van der Waals surface area contributed by atoms with Crippen molar-refractivity contribution in [1.82, 2.24) is 10.6 Å². The topological polar surface area (TPSA) is 118 Å². The Morgan fingerprint density at radius 3 is 2.54 bits per heavy atom. The molecule has 1 saturated carbocycles. The highest BCUT2D eigenvalue weighted by Crippen LogP contribution is 2.31. The van der Waals surface area contributed by atoms with Crippen LogP contribution >= 0.6 is 12.4 Å². The van der Waals surface area contributed by atoms with Gasteiger partial charge in [-0.1, -0.05) is 12.8 Å². The summed E-state index contributed by atoms with van der Waals surface area (Å²) in [6, 6.07) is -0.297. The molecule has 7 nitrogen and oxygen atoms in total. The number of amides is 2. The van der Waals surface area contributed by atoms with Crippen LogP contribution in [-0.4, -0.2) is 49.9 Å². The standard InChI is InChI=1S/C15H27N3O4S.ClH/c1-15(16)7-3-2-4-12(15)14(20)17-8-5-13(19)18-11-6-9-23(21,22)10-11;/h11-12H,2-10,16H2,1H3,(H,17,20)(H,18,19);1H. The molecule has 2 fully saturated rings. The molecule has 1 aliphatic carbocycles. The van der Waals surface area contributed by atoms with Crippen LogP contribution in [0, 0.1) is 5.92 Å². The van der Waals surface area contributed by atoms with E-state index in [1.54, 1.807) is 0 Å². The van der Waals surface area contributed by atoms with E-state index in [9.17, 15) is 18.0 Å². The van der Waals surface area contributed by atoms with Gasteiger partial charge in [0.2, 0.25) is 11.8 Å². The third-order valence-electron chi connectivity index (χ3n) is 4.82. The summed E-state index contributed by atoms with van der Waals surface area (Å²) in [7, 11) is -3.00. The number of hydrogen-bond donors (Lipinski definition) is 3. The van der Waals surface area contributed by atoms with E-state index in [-0.39, 0.29) is 60.7 Å². The average molecular weight is 382 g/mol. The molecule has 140 valence electrons. The molecule has 0 bridgehead atoms. The van der Waals surface area contributed by atoms with Crippen molar-refractivity contribution in [2.75, 3.05) is 18.1 Å². The fourth-order valence-electron chi connectivity index (χ4n) is 3.42. The monoisotopic (exact) mass is 381 g/mol. The molecule has 9 heteroatoms. The SMILES string of the molecule is CC1(N)CCCCC1C(=O)NCCC(=O)NC1CCS(=O)(=O)C1.Cl. The highest BCUT2D eigenvalue weighted by molar-refractivity contribution is 7.91. The number of rotatable bonds is 5. The first-order chi connectivity index (χ1) is 10.7. The Morgan fingerprint density at radius 2 is 1.96 bits per heavy atom. The lowest BCUT2D eigenvalue weighted by atomic mass is 9.74. The van der Waals surface area contributed by atoms with Crippen LogP contribution in [0.25, 0.3) is 0 Å². The molecule has 0 aromatic heterocycles. The first-order valence-electron chi connectivity index (χ1n) is 8.26. The molecule has 2 amide bonds. The van der Waals surface area contributed by atoms with Gasteiger partial charge in [0.1, 0.15) is 0 Å². The highest BCUT2D eigenvalue weighted by Gasteiger charge is 2.37. The van der Waals surface area contributed by atoms with Gasteiger partial charge in [-0.25, -0.2) is 8.42 Å². The van der Waals surface area contributed by atoms with Gasteiger partial charge in [0, 0.05) is 24.5 Å². The normalized spacial score (nSPS) is 31.8. The van der Waals surface area contributed by atoms with Crippen LogP contribution in [0.5, 0.6) is 0 Å². The lowest BCUT2D eigenvalue weighted by molar-refractivity contribution is -0.128. The van der Waals surface area contributed by atoms with Gasteiger partial charge in [-0.05, 0) is 26.2 Å². The fourth-order valence-corrected chi connectivity index (χ4v) is 5.09. The summed E-state index contributed by atoms with van der Waals surface area (Å²) in [6.45, 7) is 2.15. The van der Waals surface area contributed by atoms with E-state index in [0.717, 1.165) is 25.7 Å². The summed E-state index contributed by atoms with van der Waals surface area (Å²) in [5.74, 6) is -0.388. The quantitative estimate of drug-likeness (QED) is 0.625. The van der Waals surface area contributed by atoms with E-state index in [0.29, 0.717) is 6.42 Å². The van der Waals surface area contributed by atoms with Crippen LogP contribution in [0.3, 0.4) is 0 Å². The molecule has 2 rings (SSSR count). The van der Waals surface area contributed by atoms with Gasteiger partial charge in [-0.3, -0.25) is 9.59 Å². The highest BCUT2D eigenvalue weighted by atomic mass is 35.5. The Labute approximate surface area is 149 Å². The van der Waals surface area contributed by atoms with Gasteiger partial charge in [0.25, 0.3) is 0 Å². The molecule has 2 aliphatic rings. The van der Waals surface area contributed by atoms with Crippen molar-refractivity contribution in [3.05, 3.63) is 0 Å². The van der Waals surface area contributed by atoms with Crippen molar-refractivity contribution in [2.45, 2.75) is 57.0 Å².